The fourth-order valence-electron chi connectivity index (χ4n) is 2.66. The molecule has 7 nitrogen and oxygen atoms in total. The predicted octanol–water partition coefficient (Wildman–Crippen LogP) is 3.94. The van der Waals surface area contributed by atoms with E-state index in [2.05, 4.69) is 15.4 Å². The van der Waals surface area contributed by atoms with Gasteiger partial charge < -0.3 is 14.8 Å². The Morgan fingerprint density at radius 3 is 2.50 bits per heavy atom. The van der Waals surface area contributed by atoms with Crippen LogP contribution in [0.25, 0.3) is 17.1 Å². The number of carbonyl (C=O) groups excluding carboxylic acids is 1. The Kier molecular flexibility index (Phi) is 6.36. The fourth-order valence-corrected chi connectivity index (χ4v) is 2.66. The van der Waals surface area contributed by atoms with Gasteiger partial charge in [-0.3, -0.25) is 4.79 Å². The number of hydrogen-bond donors (Lipinski definition) is 1. The molecule has 1 aromatic heterocycles. The summed E-state index contributed by atoms with van der Waals surface area (Å²) < 4.78 is 51.2. The van der Waals surface area contributed by atoms with Crippen LogP contribution >= 0.6 is 0 Å². The highest BCUT2D eigenvalue weighted by atomic mass is 19.4. The van der Waals surface area contributed by atoms with Gasteiger partial charge in [-0.1, -0.05) is 12.1 Å². The first-order valence-electron chi connectivity index (χ1n) is 8.92. The Morgan fingerprint density at radius 2 is 1.87 bits per heavy atom. The summed E-state index contributed by atoms with van der Waals surface area (Å²) in [6.07, 6.45) is -4.49. The third-order valence-electron chi connectivity index (χ3n) is 3.99. The molecule has 1 amide bonds. The number of aromatic nitrogens is 3. The van der Waals surface area contributed by atoms with E-state index in [0.717, 1.165) is 12.1 Å². The second-order valence-electron chi connectivity index (χ2n) is 6.28. The lowest BCUT2D eigenvalue weighted by Crippen LogP contribution is -2.07. The van der Waals surface area contributed by atoms with Crippen molar-refractivity contribution in [1.29, 1.82) is 0 Å². The second-order valence-corrected chi connectivity index (χ2v) is 6.28. The topological polar surface area (TPSA) is 78.3 Å². The molecule has 0 bridgehead atoms. The molecule has 0 aliphatic rings. The number of rotatable bonds is 7. The Labute approximate surface area is 170 Å². The van der Waals surface area contributed by atoms with Crippen LogP contribution in [-0.4, -0.2) is 41.0 Å². The predicted molar refractivity (Wildman–Crippen MR) is 103 cm³/mol. The van der Waals surface area contributed by atoms with E-state index < -0.39 is 11.7 Å². The van der Waals surface area contributed by atoms with Crippen LogP contribution in [0.4, 0.5) is 18.9 Å². The van der Waals surface area contributed by atoms with Gasteiger partial charge in [0.2, 0.25) is 5.91 Å². The minimum absolute atomic E-state index is 0.00500. The molecule has 3 aromatic rings. The Hall–Kier alpha value is -3.40. The standard InChI is InChI=1S/C20H19F3N4O3/c1-13(28)24-16-6-8-17(9-7-16)27-18(25-19(26-27)30-11-10-29-2)14-4-3-5-15(12-14)20(21,22)23/h3-9,12H,10-11H2,1-2H3,(H,24,28). The van der Waals surface area contributed by atoms with Crippen molar-refractivity contribution in [2.45, 2.75) is 13.1 Å². The minimum Gasteiger partial charge on any atom is -0.460 e. The van der Waals surface area contributed by atoms with Gasteiger partial charge in [-0.2, -0.15) is 18.2 Å². The van der Waals surface area contributed by atoms with E-state index in [1.54, 1.807) is 24.3 Å². The summed E-state index contributed by atoms with van der Waals surface area (Å²) in [5.41, 5.74) is 0.538. The van der Waals surface area contributed by atoms with Crippen molar-refractivity contribution >= 4 is 11.6 Å². The molecule has 3 rings (SSSR count). The normalized spacial score (nSPS) is 11.4. The SMILES string of the molecule is COCCOc1nc(-c2cccc(C(F)(F)F)c2)n(-c2ccc(NC(C)=O)cc2)n1. The van der Waals surface area contributed by atoms with Crippen LogP contribution in [0.15, 0.2) is 48.5 Å². The van der Waals surface area contributed by atoms with E-state index in [0.29, 0.717) is 18.0 Å². The zero-order valence-corrected chi connectivity index (χ0v) is 16.2. The van der Waals surface area contributed by atoms with Crippen molar-refractivity contribution in [1.82, 2.24) is 14.8 Å². The minimum atomic E-state index is -4.49. The highest BCUT2D eigenvalue weighted by Gasteiger charge is 2.31. The summed E-state index contributed by atoms with van der Waals surface area (Å²) in [4.78, 5) is 15.5. The van der Waals surface area contributed by atoms with E-state index in [4.69, 9.17) is 9.47 Å². The van der Waals surface area contributed by atoms with Crippen LogP contribution in [0.3, 0.4) is 0 Å². The van der Waals surface area contributed by atoms with Gasteiger partial charge in [-0.15, -0.1) is 5.10 Å². The number of hydrogen-bond acceptors (Lipinski definition) is 5. The van der Waals surface area contributed by atoms with Crippen molar-refractivity contribution in [3.63, 3.8) is 0 Å². The smallest absolute Gasteiger partial charge is 0.416 e. The van der Waals surface area contributed by atoms with Gasteiger partial charge >= 0.3 is 12.2 Å². The number of anilines is 1. The molecule has 0 unspecified atom stereocenters. The number of methoxy groups -OCH3 is 1. The van der Waals surface area contributed by atoms with Gasteiger partial charge in [-0.25, -0.2) is 4.68 Å². The number of carbonyl (C=O) groups is 1. The van der Waals surface area contributed by atoms with E-state index >= 15 is 0 Å². The number of amides is 1. The molecule has 158 valence electrons. The van der Waals surface area contributed by atoms with Crippen molar-refractivity contribution < 1.29 is 27.4 Å². The monoisotopic (exact) mass is 420 g/mol. The summed E-state index contributed by atoms with van der Waals surface area (Å²) in [7, 11) is 1.51. The van der Waals surface area contributed by atoms with E-state index in [1.165, 1.54) is 30.8 Å². The maximum atomic E-state index is 13.2. The van der Waals surface area contributed by atoms with Gasteiger partial charge in [0, 0.05) is 25.3 Å². The maximum absolute atomic E-state index is 13.2. The van der Waals surface area contributed by atoms with Crippen LogP contribution in [0.1, 0.15) is 12.5 Å². The number of halogens is 3. The molecule has 0 radical (unpaired) electrons. The number of nitrogens with zero attached hydrogens (tertiary/aromatic N) is 3. The lowest BCUT2D eigenvalue weighted by Gasteiger charge is -2.10. The highest BCUT2D eigenvalue weighted by molar-refractivity contribution is 5.88. The maximum Gasteiger partial charge on any atom is 0.416 e. The zero-order valence-electron chi connectivity index (χ0n) is 16.2. The molecule has 0 saturated heterocycles. The lowest BCUT2D eigenvalue weighted by molar-refractivity contribution is -0.137. The van der Waals surface area contributed by atoms with E-state index in [1.807, 2.05) is 0 Å². The first kappa shape index (κ1) is 21.3. The van der Waals surface area contributed by atoms with Gasteiger partial charge in [0.1, 0.15) is 6.61 Å². The molecule has 0 aliphatic heterocycles. The first-order valence-corrected chi connectivity index (χ1v) is 8.92. The highest BCUT2D eigenvalue weighted by Crippen LogP contribution is 2.32. The summed E-state index contributed by atoms with van der Waals surface area (Å²) in [6, 6.07) is 11.5. The quantitative estimate of drug-likeness (QED) is 0.586. The molecule has 0 fully saturated rings. The summed E-state index contributed by atoms with van der Waals surface area (Å²) >= 11 is 0. The average Bonchev–Trinajstić information content (AvgIpc) is 3.12. The van der Waals surface area contributed by atoms with Gasteiger partial charge in [0.05, 0.1) is 17.9 Å². The number of ether oxygens (including phenoxy) is 2. The van der Waals surface area contributed by atoms with E-state index in [-0.39, 0.29) is 29.9 Å². The lowest BCUT2D eigenvalue weighted by atomic mass is 10.1. The van der Waals surface area contributed by atoms with E-state index in [9.17, 15) is 18.0 Å². The van der Waals surface area contributed by atoms with Gasteiger partial charge in [-0.05, 0) is 36.4 Å². The van der Waals surface area contributed by atoms with Crippen molar-refractivity contribution in [2.75, 3.05) is 25.6 Å². The summed E-state index contributed by atoms with van der Waals surface area (Å²) in [6.45, 7) is 1.88. The third-order valence-corrected chi connectivity index (χ3v) is 3.99. The largest absolute Gasteiger partial charge is 0.460 e. The van der Waals surface area contributed by atoms with Crippen LogP contribution in [-0.2, 0) is 15.7 Å². The zero-order chi connectivity index (χ0) is 21.7. The van der Waals surface area contributed by atoms with Crippen LogP contribution < -0.4 is 10.1 Å². The molecule has 10 heteroatoms. The summed E-state index contributed by atoms with van der Waals surface area (Å²) in [5, 5.41) is 6.92. The Morgan fingerprint density at radius 1 is 1.13 bits per heavy atom. The second kappa shape index (κ2) is 8.95. The van der Waals surface area contributed by atoms with Gasteiger partial charge in [0.25, 0.3) is 0 Å². The first-order chi connectivity index (χ1) is 14.3. The Balaban J connectivity index is 2.02. The molecule has 2 aromatic carbocycles. The Bertz CT molecular complexity index is 1020. The molecule has 0 saturated carbocycles. The molecule has 0 aliphatic carbocycles. The average molecular weight is 420 g/mol. The van der Waals surface area contributed by atoms with Crippen molar-refractivity contribution in [3.8, 4) is 23.1 Å². The van der Waals surface area contributed by atoms with Crippen LogP contribution in [0.5, 0.6) is 6.01 Å². The molecule has 0 atom stereocenters. The summed E-state index contributed by atoms with van der Waals surface area (Å²) in [5.74, 6) is -0.0391. The van der Waals surface area contributed by atoms with Crippen molar-refractivity contribution in [3.05, 3.63) is 54.1 Å². The van der Waals surface area contributed by atoms with Crippen LogP contribution in [0.2, 0.25) is 0 Å². The molecular weight excluding hydrogens is 401 g/mol. The molecule has 1 N–H and O–H groups in total. The number of benzene rings is 2. The number of nitrogens with one attached hydrogen (secondary N) is 1. The fraction of sp³-hybridized carbons (Fsp3) is 0.250. The molecule has 1 heterocycles. The third kappa shape index (κ3) is 5.15. The number of alkyl halides is 3. The van der Waals surface area contributed by atoms with Crippen molar-refractivity contribution in [2.24, 2.45) is 0 Å². The van der Waals surface area contributed by atoms with Gasteiger partial charge in [0.15, 0.2) is 5.82 Å². The molecule has 30 heavy (non-hydrogen) atoms. The van der Waals surface area contributed by atoms with Crippen LogP contribution in [0, 0.1) is 0 Å². The molecule has 0 spiro atoms. The molecular formula is C20H19F3N4O3.